The fourth-order valence-corrected chi connectivity index (χ4v) is 2.48. The lowest BCUT2D eigenvalue weighted by molar-refractivity contribution is -0.308. The summed E-state index contributed by atoms with van der Waals surface area (Å²) in [5.41, 5.74) is 2.02. The van der Waals surface area contributed by atoms with E-state index in [0.717, 1.165) is 11.3 Å². The predicted octanol–water partition coefficient (Wildman–Crippen LogP) is 0.120. The number of hydrogen-bond donors (Lipinski definition) is 2. The molecule has 0 bridgehead atoms. The highest BCUT2D eigenvalue weighted by Gasteiger charge is 2.16. The maximum atomic E-state index is 12.1. The summed E-state index contributed by atoms with van der Waals surface area (Å²) in [4.78, 5) is 24.9. The number of alkyl halides is 2. The topological polar surface area (TPSA) is 92.7 Å². The molecule has 0 aromatic heterocycles. The van der Waals surface area contributed by atoms with Gasteiger partial charge in [0.25, 0.3) is 5.91 Å². The van der Waals surface area contributed by atoms with E-state index in [2.05, 4.69) is 5.32 Å². The summed E-state index contributed by atoms with van der Waals surface area (Å²) in [6, 6.07) is 3.53. The van der Waals surface area contributed by atoms with Gasteiger partial charge in [0, 0.05) is 36.1 Å². The lowest BCUT2D eigenvalue weighted by atomic mass is 10.1. The van der Waals surface area contributed by atoms with Crippen LogP contribution in [0.2, 0.25) is 0 Å². The number of benzene rings is 1. The number of amides is 1. The zero-order valence-corrected chi connectivity index (χ0v) is 14.2. The Morgan fingerprint density at radius 2 is 1.91 bits per heavy atom. The molecule has 1 aromatic rings. The molecule has 0 saturated heterocycles. The Morgan fingerprint density at radius 1 is 1.30 bits per heavy atom. The number of aliphatic carboxylic acids is 1. The van der Waals surface area contributed by atoms with Crippen LogP contribution in [0.15, 0.2) is 18.2 Å². The lowest BCUT2D eigenvalue weighted by Crippen LogP contribution is -2.50. The minimum absolute atomic E-state index is 0.277. The monoisotopic (exact) mass is 361 g/mol. The molecule has 6 nitrogen and oxygen atoms in total. The molecular weight excluding hydrogens is 343 g/mol. The first-order valence-corrected chi connectivity index (χ1v) is 8.11. The maximum absolute atomic E-state index is 12.1. The van der Waals surface area contributed by atoms with Gasteiger partial charge in [0.2, 0.25) is 0 Å². The van der Waals surface area contributed by atoms with Crippen LogP contribution in [0.25, 0.3) is 0 Å². The van der Waals surface area contributed by atoms with Crippen LogP contribution in [-0.4, -0.2) is 54.5 Å². The Hall–Kier alpha value is -1.50. The molecule has 0 aliphatic rings. The number of nitrogens with one attached hydrogen (secondary N) is 1. The van der Waals surface area contributed by atoms with Gasteiger partial charge in [-0.1, -0.05) is 6.07 Å². The van der Waals surface area contributed by atoms with Gasteiger partial charge in [-0.15, -0.1) is 23.2 Å². The molecule has 1 amide bonds. The Balaban J connectivity index is 3.03. The highest BCUT2D eigenvalue weighted by atomic mass is 35.5. The number of hydrogen-bond acceptors (Lipinski definition) is 5. The first kappa shape index (κ1) is 19.5. The molecule has 0 radical (unpaired) electrons. The van der Waals surface area contributed by atoms with Crippen molar-refractivity contribution >= 4 is 40.8 Å². The first-order valence-electron chi connectivity index (χ1n) is 7.04. The van der Waals surface area contributed by atoms with Gasteiger partial charge in [-0.25, -0.2) is 0 Å². The van der Waals surface area contributed by atoms with Crippen molar-refractivity contribution in [3.8, 4) is 0 Å². The van der Waals surface area contributed by atoms with Crippen molar-refractivity contribution in [3.05, 3.63) is 29.3 Å². The van der Waals surface area contributed by atoms with Crippen LogP contribution in [0.3, 0.4) is 0 Å². The molecule has 0 spiro atoms. The summed E-state index contributed by atoms with van der Waals surface area (Å²) in [5.74, 6) is -1.33. The number of aliphatic hydroxyl groups is 1. The molecule has 1 aromatic carbocycles. The molecule has 0 heterocycles. The normalized spacial score (nSPS) is 11.8. The Kier molecular flexibility index (Phi) is 8.16. The van der Waals surface area contributed by atoms with Crippen molar-refractivity contribution in [2.75, 3.05) is 36.4 Å². The second-order valence-electron chi connectivity index (χ2n) is 4.89. The number of anilines is 1. The molecule has 23 heavy (non-hydrogen) atoms. The van der Waals surface area contributed by atoms with E-state index in [0.29, 0.717) is 24.8 Å². The number of carbonyl (C=O) groups is 2. The van der Waals surface area contributed by atoms with E-state index in [-0.39, 0.29) is 5.56 Å². The number of carbonyl (C=O) groups excluding carboxylic acids is 2. The van der Waals surface area contributed by atoms with Crippen molar-refractivity contribution in [1.82, 2.24) is 5.32 Å². The van der Waals surface area contributed by atoms with Crippen LogP contribution in [0, 0.1) is 6.92 Å². The standard InChI is InChI=1S/C15H20Cl2N2O4/c1-10-2-3-11(14(21)18-12(9-20)15(22)23)8-13(10)19(6-4-16)7-5-17/h2-3,8,12,20H,4-7,9H2,1H3,(H,18,21)(H,22,23)/p-1. The van der Waals surface area contributed by atoms with Crippen LogP contribution >= 0.6 is 23.2 Å². The van der Waals surface area contributed by atoms with Crippen LogP contribution in [-0.2, 0) is 4.79 Å². The molecule has 2 N–H and O–H groups in total. The molecular formula is C15H19Cl2N2O4-. The summed E-state index contributed by atoms with van der Waals surface area (Å²) in [7, 11) is 0. The Bertz CT molecular complexity index is 548. The second-order valence-corrected chi connectivity index (χ2v) is 5.65. The first-order chi connectivity index (χ1) is 10.9. The Labute approximate surface area is 145 Å². The zero-order chi connectivity index (χ0) is 17.4. The fourth-order valence-electron chi connectivity index (χ4n) is 2.07. The van der Waals surface area contributed by atoms with E-state index >= 15 is 0 Å². The number of aryl methyl sites for hydroxylation is 1. The number of nitrogens with zero attached hydrogens (tertiary/aromatic N) is 1. The van der Waals surface area contributed by atoms with Gasteiger partial charge in [-0.2, -0.15) is 0 Å². The van der Waals surface area contributed by atoms with Gasteiger partial charge in [0.05, 0.1) is 18.6 Å². The summed E-state index contributed by atoms with van der Waals surface area (Å²) in [6.07, 6.45) is 0. The third kappa shape index (κ3) is 5.57. The lowest BCUT2D eigenvalue weighted by Gasteiger charge is -2.25. The number of aliphatic hydroxyl groups excluding tert-OH is 1. The van der Waals surface area contributed by atoms with E-state index in [9.17, 15) is 14.7 Å². The zero-order valence-electron chi connectivity index (χ0n) is 12.7. The van der Waals surface area contributed by atoms with E-state index in [1.54, 1.807) is 18.2 Å². The van der Waals surface area contributed by atoms with Gasteiger partial charge in [0.1, 0.15) is 0 Å². The molecule has 8 heteroatoms. The average Bonchev–Trinajstić information content (AvgIpc) is 2.52. The number of rotatable bonds is 9. The van der Waals surface area contributed by atoms with Gasteiger partial charge >= 0.3 is 0 Å². The number of carboxylic acids is 1. The highest BCUT2D eigenvalue weighted by Crippen LogP contribution is 2.22. The molecule has 0 saturated carbocycles. The van der Waals surface area contributed by atoms with E-state index < -0.39 is 24.5 Å². The third-order valence-corrected chi connectivity index (χ3v) is 3.63. The van der Waals surface area contributed by atoms with Crippen LogP contribution < -0.4 is 15.3 Å². The molecule has 1 atom stereocenters. The molecule has 1 rings (SSSR count). The molecule has 1 unspecified atom stereocenters. The smallest absolute Gasteiger partial charge is 0.251 e. The van der Waals surface area contributed by atoms with Crippen molar-refractivity contribution in [1.29, 1.82) is 0 Å². The van der Waals surface area contributed by atoms with Gasteiger partial charge < -0.3 is 25.2 Å². The van der Waals surface area contributed by atoms with Crippen LogP contribution in [0.1, 0.15) is 15.9 Å². The number of carboxylic acid groups (broad SMARTS) is 1. The van der Waals surface area contributed by atoms with E-state index in [1.165, 1.54) is 0 Å². The molecule has 128 valence electrons. The van der Waals surface area contributed by atoms with E-state index in [1.807, 2.05) is 11.8 Å². The minimum atomic E-state index is -1.54. The summed E-state index contributed by atoms with van der Waals surface area (Å²) < 4.78 is 0. The van der Waals surface area contributed by atoms with Crippen molar-refractivity contribution < 1.29 is 19.8 Å². The van der Waals surface area contributed by atoms with Crippen molar-refractivity contribution in [2.45, 2.75) is 13.0 Å². The Morgan fingerprint density at radius 3 is 2.39 bits per heavy atom. The number of halogens is 2. The van der Waals surface area contributed by atoms with Crippen LogP contribution in [0.4, 0.5) is 5.69 Å². The quantitative estimate of drug-likeness (QED) is 0.609. The van der Waals surface area contributed by atoms with Gasteiger partial charge in [-0.05, 0) is 24.6 Å². The summed E-state index contributed by atoms with van der Waals surface area (Å²) >= 11 is 11.6. The van der Waals surface area contributed by atoms with Crippen molar-refractivity contribution in [2.24, 2.45) is 0 Å². The fraction of sp³-hybridized carbons (Fsp3) is 0.467. The summed E-state index contributed by atoms with van der Waals surface area (Å²) in [6.45, 7) is 2.29. The van der Waals surface area contributed by atoms with E-state index in [4.69, 9.17) is 28.3 Å². The molecule has 0 fully saturated rings. The minimum Gasteiger partial charge on any atom is -0.548 e. The van der Waals surface area contributed by atoms with Gasteiger partial charge in [0.15, 0.2) is 0 Å². The largest absolute Gasteiger partial charge is 0.548 e. The highest BCUT2D eigenvalue weighted by molar-refractivity contribution is 6.18. The van der Waals surface area contributed by atoms with Crippen molar-refractivity contribution in [3.63, 3.8) is 0 Å². The predicted molar refractivity (Wildman–Crippen MR) is 88.2 cm³/mol. The van der Waals surface area contributed by atoms with Gasteiger partial charge in [-0.3, -0.25) is 4.79 Å². The maximum Gasteiger partial charge on any atom is 0.251 e. The summed E-state index contributed by atoms with van der Waals surface area (Å²) in [5, 5.41) is 21.9. The molecule has 0 aliphatic heterocycles. The third-order valence-electron chi connectivity index (χ3n) is 3.29. The SMILES string of the molecule is Cc1ccc(C(=O)NC(CO)C(=O)[O-])cc1N(CCCl)CCCl. The average molecular weight is 362 g/mol. The second kappa shape index (κ2) is 9.60. The van der Waals surface area contributed by atoms with Crippen LogP contribution in [0.5, 0.6) is 0 Å². The molecule has 0 aliphatic carbocycles.